The summed E-state index contributed by atoms with van der Waals surface area (Å²) in [6.45, 7) is 2.23. The van der Waals surface area contributed by atoms with E-state index in [4.69, 9.17) is 0 Å². The highest BCUT2D eigenvalue weighted by molar-refractivity contribution is 7.99. The van der Waals surface area contributed by atoms with Gasteiger partial charge in [-0.2, -0.15) is 0 Å². The lowest BCUT2D eigenvalue weighted by atomic mass is 10.2. The van der Waals surface area contributed by atoms with E-state index in [1.807, 2.05) is 42.1 Å². The van der Waals surface area contributed by atoms with E-state index < -0.39 is 0 Å². The zero-order chi connectivity index (χ0) is 16.8. The molecule has 3 nitrogen and oxygen atoms in total. The van der Waals surface area contributed by atoms with E-state index >= 15 is 0 Å². The first kappa shape index (κ1) is 16.8. The first-order chi connectivity index (χ1) is 11.8. The van der Waals surface area contributed by atoms with Crippen LogP contribution in [0.15, 0.2) is 58.2 Å². The van der Waals surface area contributed by atoms with Gasteiger partial charge < -0.3 is 4.98 Å². The Morgan fingerprint density at radius 1 is 1.04 bits per heavy atom. The van der Waals surface area contributed by atoms with Crippen molar-refractivity contribution in [2.24, 2.45) is 0 Å². The molecule has 0 bridgehead atoms. The summed E-state index contributed by atoms with van der Waals surface area (Å²) < 4.78 is 0. The van der Waals surface area contributed by atoms with Crippen LogP contribution in [0.25, 0.3) is 22.3 Å². The molecule has 0 atom stereocenters. The smallest absolute Gasteiger partial charge is 0.259 e. The summed E-state index contributed by atoms with van der Waals surface area (Å²) >= 11 is 1.87. The van der Waals surface area contributed by atoms with Gasteiger partial charge in [-0.3, -0.25) is 4.79 Å². The normalized spacial score (nSPS) is 11.0. The number of unbranched alkanes of at least 4 members (excludes halogenated alkanes) is 3. The first-order valence-electron chi connectivity index (χ1n) is 8.50. The predicted molar refractivity (Wildman–Crippen MR) is 103 cm³/mol. The minimum atomic E-state index is -0.0896. The number of para-hydroxylation sites is 1. The third kappa shape index (κ3) is 4.06. The second-order valence-corrected chi connectivity index (χ2v) is 7.04. The minimum absolute atomic E-state index is 0.0896. The highest BCUT2D eigenvalue weighted by Gasteiger charge is 2.06. The number of fused-ring (bicyclic) bond motifs is 1. The van der Waals surface area contributed by atoms with Crippen molar-refractivity contribution >= 4 is 22.7 Å². The molecule has 0 unspecified atom stereocenters. The van der Waals surface area contributed by atoms with Crippen LogP contribution in [-0.4, -0.2) is 15.7 Å². The van der Waals surface area contributed by atoms with E-state index in [2.05, 4.69) is 29.0 Å². The average molecular weight is 338 g/mol. The number of thioether (sulfide) groups is 1. The van der Waals surface area contributed by atoms with Crippen LogP contribution < -0.4 is 5.56 Å². The Balaban J connectivity index is 1.80. The van der Waals surface area contributed by atoms with E-state index in [1.165, 1.54) is 30.6 Å². The molecule has 1 heterocycles. The van der Waals surface area contributed by atoms with Crippen LogP contribution in [0.2, 0.25) is 0 Å². The third-order valence-corrected chi connectivity index (χ3v) is 5.07. The van der Waals surface area contributed by atoms with Crippen LogP contribution >= 0.6 is 11.8 Å². The van der Waals surface area contributed by atoms with Gasteiger partial charge in [-0.25, -0.2) is 4.98 Å². The molecule has 0 radical (unpaired) electrons. The number of nitrogens with zero attached hydrogens (tertiary/aromatic N) is 1. The van der Waals surface area contributed by atoms with Gasteiger partial charge in [0.1, 0.15) is 5.82 Å². The molecule has 0 spiro atoms. The van der Waals surface area contributed by atoms with Crippen molar-refractivity contribution in [1.29, 1.82) is 0 Å². The zero-order valence-corrected chi connectivity index (χ0v) is 14.7. The van der Waals surface area contributed by atoms with Gasteiger partial charge in [-0.15, -0.1) is 11.8 Å². The third-order valence-electron chi connectivity index (χ3n) is 3.99. The molecule has 0 aliphatic carbocycles. The van der Waals surface area contributed by atoms with Crippen LogP contribution in [0, 0.1) is 0 Å². The van der Waals surface area contributed by atoms with Crippen molar-refractivity contribution in [3.05, 3.63) is 58.9 Å². The van der Waals surface area contributed by atoms with Crippen LogP contribution in [0.4, 0.5) is 0 Å². The van der Waals surface area contributed by atoms with Gasteiger partial charge in [0.05, 0.1) is 10.9 Å². The van der Waals surface area contributed by atoms with Crippen LogP contribution in [0.1, 0.15) is 32.6 Å². The topological polar surface area (TPSA) is 45.8 Å². The summed E-state index contributed by atoms with van der Waals surface area (Å²) in [6, 6.07) is 15.7. The molecule has 124 valence electrons. The Hall–Kier alpha value is -2.07. The molecule has 1 aromatic heterocycles. The van der Waals surface area contributed by atoms with E-state index in [-0.39, 0.29) is 5.56 Å². The largest absolute Gasteiger partial charge is 0.306 e. The van der Waals surface area contributed by atoms with Gasteiger partial charge in [0.2, 0.25) is 0 Å². The number of aromatic amines is 1. The van der Waals surface area contributed by atoms with Crippen molar-refractivity contribution in [3.8, 4) is 11.4 Å². The van der Waals surface area contributed by atoms with Gasteiger partial charge in [-0.1, -0.05) is 50.5 Å². The Morgan fingerprint density at radius 3 is 2.79 bits per heavy atom. The van der Waals surface area contributed by atoms with Crippen molar-refractivity contribution < 1.29 is 0 Å². The quantitative estimate of drug-likeness (QED) is 0.472. The molecule has 0 aliphatic rings. The fourth-order valence-electron chi connectivity index (χ4n) is 2.68. The maximum Gasteiger partial charge on any atom is 0.259 e. The minimum Gasteiger partial charge on any atom is -0.306 e. The van der Waals surface area contributed by atoms with E-state index in [9.17, 15) is 4.79 Å². The molecule has 3 rings (SSSR count). The molecule has 24 heavy (non-hydrogen) atoms. The van der Waals surface area contributed by atoms with Crippen molar-refractivity contribution in [2.45, 2.75) is 37.5 Å². The molecule has 4 heteroatoms. The number of H-pyrrole nitrogens is 1. The molecule has 2 aromatic carbocycles. The summed E-state index contributed by atoms with van der Waals surface area (Å²) in [7, 11) is 0. The number of benzene rings is 2. The number of nitrogens with one attached hydrogen (secondary N) is 1. The Kier molecular flexibility index (Phi) is 5.70. The van der Waals surface area contributed by atoms with Gasteiger partial charge in [-0.05, 0) is 36.4 Å². The van der Waals surface area contributed by atoms with Crippen LogP contribution in [0.3, 0.4) is 0 Å². The maximum absolute atomic E-state index is 12.2. The second kappa shape index (κ2) is 8.15. The van der Waals surface area contributed by atoms with Gasteiger partial charge in [0.25, 0.3) is 5.56 Å². The number of hydrogen-bond acceptors (Lipinski definition) is 3. The molecule has 3 aromatic rings. The molecular weight excluding hydrogens is 316 g/mol. The second-order valence-electron chi connectivity index (χ2n) is 5.87. The summed E-state index contributed by atoms with van der Waals surface area (Å²) in [4.78, 5) is 21.0. The number of hydrogen-bond donors (Lipinski definition) is 1. The fourth-order valence-corrected chi connectivity index (χ4v) is 3.64. The number of rotatable bonds is 7. The molecule has 0 saturated carbocycles. The summed E-state index contributed by atoms with van der Waals surface area (Å²) in [5.74, 6) is 1.76. The first-order valence-corrected chi connectivity index (χ1v) is 9.49. The van der Waals surface area contributed by atoms with Gasteiger partial charge in [0.15, 0.2) is 0 Å². The summed E-state index contributed by atoms with van der Waals surface area (Å²) in [5, 5.41) is 0.628. The Bertz CT molecular complexity index is 873. The number of aromatic nitrogens is 2. The SMILES string of the molecule is CCCCCCSc1cccc(-c2nc3ccccc3c(=O)[nH]2)c1. The van der Waals surface area contributed by atoms with Gasteiger partial charge in [0, 0.05) is 10.5 Å². The molecule has 0 amide bonds. The summed E-state index contributed by atoms with van der Waals surface area (Å²) in [5.41, 5.74) is 1.60. The zero-order valence-electron chi connectivity index (χ0n) is 13.9. The van der Waals surface area contributed by atoms with E-state index in [1.54, 1.807) is 6.07 Å². The average Bonchev–Trinajstić information content (AvgIpc) is 2.62. The molecule has 1 N–H and O–H groups in total. The van der Waals surface area contributed by atoms with Crippen LogP contribution in [-0.2, 0) is 0 Å². The highest BCUT2D eigenvalue weighted by atomic mass is 32.2. The monoisotopic (exact) mass is 338 g/mol. The molecule has 0 saturated heterocycles. The highest BCUT2D eigenvalue weighted by Crippen LogP contribution is 2.25. The van der Waals surface area contributed by atoms with Crippen molar-refractivity contribution in [3.63, 3.8) is 0 Å². The van der Waals surface area contributed by atoms with Gasteiger partial charge >= 0.3 is 0 Å². The standard InChI is InChI=1S/C20H22N2OS/c1-2-3-4-7-13-24-16-10-8-9-15(14-16)19-21-18-12-6-5-11-17(18)20(23)22-19/h5-6,8-12,14H,2-4,7,13H2,1H3,(H,21,22,23). The van der Waals surface area contributed by atoms with E-state index in [0.29, 0.717) is 11.2 Å². The van der Waals surface area contributed by atoms with Crippen LogP contribution in [0.5, 0.6) is 0 Å². The molecule has 0 fully saturated rings. The Morgan fingerprint density at radius 2 is 1.92 bits per heavy atom. The maximum atomic E-state index is 12.2. The van der Waals surface area contributed by atoms with E-state index in [0.717, 1.165) is 16.8 Å². The fraction of sp³-hybridized carbons (Fsp3) is 0.300. The predicted octanol–water partition coefficient (Wildman–Crippen LogP) is 5.26. The summed E-state index contributed by atoms with van der Waals surface area (Å²) in [6.07, 6.45) is 5.11. The van der Waals surface area contributed by atoms with Crippen molar-refractivity contribution in [2.75, 3.05) is 5.75 Å². The molecule has 0 aliphatic heterocycles. The van der Waals surface area contributed by atoms with Crippen molar-refractivity contribution in [1.82, 2.24) is 9.97 Å². The molecular formula is C20H22N2OS. The lowest BCUT2D eigenvalue weighted by Gasteiger charge is -2.06. The Labute approximate surface area is 146 Å². The lowest BCUT2D eigenvalue weighted by molar-refractivity contribution is 0.706. The lowest BCUT2D eigenvalue weighted by Crippen LogP contribution is -2.09.